The third-order valence-electron chi connectivity index (χ3n) is 2.53. The predicted octanol–water partition coefficient (Wildman–Crippen LogP) is 1.12. The molecular formula is C10H21IN2O. The van der Waals surface area contributed by atoms with Gasteiger partial charge in [-0.3, -0.25) is 4.90 Å². The second-order valence-electron chi connectivity index (χ2n) is 3.63. The van der Waals surface area contributed by atoms with Crippen LogP contribution in [0.3, 0.4) is 0 Å². The summed E-state index contributed by atoms with van der Waals surface area (Å²) in [5, 5.41) is 3.44. The van der Waals surface area contributed by atoms with E-state index >= 15 is 0 Å². The highest BCUT2D eigenvalue weighted by molar-refractivity contribution is 14.1. The molecule has 0 radical (unpaired) electrons. The molecule has 0 saturated carbocycles. The zero-order valence-corrected chi connectivity index (χ0v) is 11.1. The molecule has 0 bridgehead atoms. The van der Waals surface area contributed by atoms with Crippen molar-refractivity contribution in [3.05, 3.63) is 0 Å². The van der Waals surface area contributed by atoms with E-state index in [0.29, 0.717) is 6.10 Å². The Hall–Kier alpha value is 0.610. The Labute approximate surface area is 101 Å². The van der Waals surface area contributed by atoms with E-state index in [2.05, 4.69) is 39.7 Å². The van der Waals surface area contributed by atoms with Crippen molar-refractivity contribution >= 4 is 22.6 Å². The van der Waals surface area contributed by atoms with Crippen LogP contribution in [-0.2, 0) is 4.74 Å². The summed E-state index contributed by atoms with van der Waals surface area (Å²) < 4.78 is 6.92. The van der Waals surface area contributed by atoms with Crippen LogP contribution in [0.4, 0.5) is 0 Å². The van der Waals surface area contributed by atoms with Crippen molar-refractivity contribution < 1.29 is 4.74 Å². The van der Waals surface area contributed by atoms with E-state index in [1.54, 1.807) is 0 Å². The summed E-state index contributed by atoms with van der Waals surface area (Å²) in [7, 11) is 0. The van der Waals surface area contributed by atoms with E-state index in [4.69, 9.17) is 4.74 Å². The fraction of sp³-hybridized carbons (Fsp3) is 1.00. The topological polar surface area (TPSA) is 24.5 Å². The number of nitrogens with zero attached hydrogens (tertiary/aromatic N) is 1. The fourth-order valence-corrected chi connectivity index (χ4v) is 2.03. The molecule has 4 heteroatoms. The maximum atomic E-state index is 5.68. The van der Waals surface area contributed by atoms with E-state index < -0.39 is 0 Å². The normalized spacial score (nSPS) is 24.0. The number of halogens is 1. The molecule has 1 saturated heterocycles. The van der Waals surface area contributed by atoms with Gasteiger partial charge >= 0.3 is 0 Å². The molecule has 0 aromatic heterocycles. The lowest BCUT2D eigenvalue weighted by molar-refractivity contribution is -0.0251. The first-order valence-corrected chi connectivity index (χ1v) is 7.00. The van der Waals surface area contributed by atoms with Crippen LogP contribution in [0.2, 0.25) is 0 Å². The highest BCUT2D eigenvalue weighted by Crippen LogP contribution is 2.03. The maximum Gasteiger partial charge on any atom is 0.0826 e. The van der Waals surface area contributed by atoms with Crippen molar-refractivity contribution in [1.82, 2.24) is 10.2 Å². The second-order valence-corrected chi connectivity index (χ2v) is 4.71. The molecule has 3 nitrogen and oxygen atoms in total. The van der Waals surface area contributed by atoms with Gasteiger partial charge in [0.2, 0.25) is 0 Å². The van der Waals surface area contributed by atoms with Crippen molar-refractivity contribution in [2.75, 3.05) is 43.8 Å². The average molecular weight is 312 g/mol. The first-order valence-electron chi connectivity index (χ1n) is 5.47. The van der Waals surface area contributed by atoms with Crippen molar-refractivity contribution in [2.24, 2.45) is 0 Å². The summed E-state index contributed by atoms with van der Waals surface area (Å²) in [6.07, 6.45) is 1.66. The van der Waals surface area contributed by atoms with Gasteiger partial charge in [-0.1, -0.05) is 29.5 Å². The summed E-state index contributed by atoms with van der Waals surface area (Å²) in [5.74, 6) is 0. The number of hydrogen-bond donors (Lipinski definition) is 1. The molecule has 1 fully saturated rings. The van der Waals surface area contributed by atoms with Crippen molar-refractivity contribution in [1.29, 1.82) is 0 Å². The van der Waals surface area contributed by atoms with E-state index in [1.807, 2.05) is 0 Å². The van der Waals surface area contributed by atoms with Gasteiger partial charge in [0, 0.05) is 24.1 Å². The van der Waals surface area contributed by atoms with Gasteiger partial charge in [-0.15, -0.1) is 0 Å². The minimum absolute atomic E-state index is 0.401. The molecular weight excluding hydrogens is 291 g/mol. The molecule has 0 aromatic carbocycles. The SMILES string of the molecule is CCN1CCOC(CNCCCI)C1. The zero-order valence-electron chi connectivity index (χ0n) is 8.97. The highest BCUT2D eigenvalue weighted by Gasteiger charge is 2.18. The molecule has 1 aliphatic heterocycles. The monoisotopic (exact) mass is 312 g/mol. The van der Waals surface area contributed by atoms with Crippen LogP contribution in [0.5, 0.6) is 0 Å². The van der Waals surface area contributed by atoms with Gasteiger partial charge in [0.1, 0.15) is 0 Å². The Morgan fingerprint density at radius 1 is 1.57 bits per heavy atom. The quantitative estimate of drug-likeness (QED) is 0.452. The lowest BCUT2D eigenvalue weighted by Gasteiger charge is -2.32. The Bertz CT molecular complexity index is 146. The molecule has 0 amide bonds. The minimum Gasteiger partial charge on any atom is -0.374 e. The van der Waals surface area contributed by atoms with Crippen LogP contribution in [0.25, 0.3) is 0 Å². The fourth-order valence-electron chi connectivity index (χ4n) is 1.65. The van der Waals surface area contributed by atoms with Gasteiger partial charge < -0.3 is 10.1 Å². The molecule has 1 N–H and O–H groups in total. The highest BCUT2D eigenvalue weighted by atomic mass is 127. The number of nitrogens with one attached hydrogen (secondary N) is 1. The van der Waals surface area contributed by atoms with Crippen LogP contribution < -0.4 is 5.32 Å². The van der Waals surface area contributed by atoms with Gasteiger partial charge in [0.25, 0.3) is 0 Å². The van der Waals surface area contributed by atoms with Crippen LogP contribution >= 0.6 is 22.6 Å². The summed E-state index contributed by atoms with van der Waals surface area (Å²) >= 11 is 2.41. The summed E-state index contributed by atoms with van der Waals surface area (Å²) in [4.78, 5) is 2.45. The molecule has 1 atom stereocenters. The maximum absolute atomic E-state index is 5.68. The number of rotatable bonds is 6. The summed E-state index contributed by atoms with van der Waals surface area (Å²) in [6, 6.07) is 0. The van der Waals surface area contributed by atoms with Gasteiger partial charge in [-0.05, 0) is 19.5 Å². The lowest BCUT2D eigenvalue weighted by Crippen LogP contribution is -2.46. The third kappa shape index (κ3) is 4.91. The zero-order chi connectivity index (χ0) is 10.2. The van der Waals surface area contributed by atoms with Crippen molar-refractivity contribution in [2.45, 2.75) is 19.4 Å². The Morgan fingerprint density at radius 3 is 3.14 bits per heavy atom. The van der Waals surface area contributed by atoms with Crippen molar-refractivity contribution in [3.8, 4) is 0 Å². The van der Waals surface area contributed by atoms with E-state index in [0.717, 1.165) is 39.3 Å². The van der Waals surface area contributed by atoms with Gasteiger partial charge in [-0.25, -0.2) is 0 Å². The predicted molar refractivity (Wildman–Crippen MR) is 68.2 cm³/mol. The molecule has 0 aliphatic carbocycles. The van der Waals surface area contributed by atoms with Crippen molar-refractivity contribution in [3.63, 3.8) is 0 Å². The minimum atomic E-state index is 0.401. The Balaban J connectivity index is 2.05. The second kappa shape index (κ2) is 7.84. The lowest BCUT2D eigenvalue weighted by atomic mass is 10.2. The van der Waals surface area contributed by atoms with Gasteiger partial charge in [0.05, 0.1) is 12.7 Å². The summed E-state index contributed by atoms with van der Waals surface area (Å²) in [6.45, 7) is 8.57. The van der Waals surface area contributed by atoms with Crippen LogP contribution in [0, 0.1) is 0 Å². The Kier molecular flexibility index (Phi) is 7.10. The average Bonchev–Trinajstić information content (AvgIpc) is 2.25. The molecule has 0 spiro atoms. The molecule has 1 unspecified atom stereocenters. The molecule has 1 heterocycles. The van der Waals surface area contributed by atoms with E-state index in [9.17, 15) is 0 Å². The number of morpholine rings is 1. The van der Waals surface area contributed by atoms with Crippen LogP contribution in [0.15, 0.2) is 0 Å². The first-order chi connectivity index (χ1) is 6.86. The Morgan fingerprint density at radius 2 is 2.43 bits per heavy atom. The molecule has 14 heavy (non-hydrogen) atoms. The smallest absolute Gasteiger partial charge is 0.0826 e. The van der Waals surface area contributed by atoms with E-state index in [-0.39, 0.29) is 0 Å². The van der Waals surface area contributed by atoms with Crippen LogP contribution in [-0.4, -0.2) is 54.8 Å². The standard InChI is InChI=1S/C10H21IN2O/c1-2-13-6-7-14-10(9-13)8-12-5-3-4-11/h10,12H,2-9H2,1H3. The molecule has 84 valence electrons. The largest absolute Gasteiger partial charge is 0.374 e. The number of hydrogen-bond acceptors (Lipinski definition) is 3. The first kappa shape index (κ1) is 12.7. The molecule has 1 aliphatic rings. The molecule has 0 aromatic rings. The third-order valence-corrected chi connectivity index (χ3v) is 3.29. The number of alkyl halides is 1. The van der Waals surface area contributed by atoms with Gasteiger partial charge in [0.15, 0.2) is 0 Å². The summed E-state index contributed by atoms with van der Waals surface area (Å²) in [5.41, 5.74) is 0. The van der Waals surface area contributed by atoms with Crippen LogP contribution in [0.1, 0.15) is 13.3 Å². The number of ether oxygens (including phenoxy) is 1. The van der Waals surface area contributed by atoms with Gasteiger partial charge in [-0.2, -0.15) is 0 Å². The molecule has 1 rings (SSSR count). The van der Waals surface area contributed by atoms with E-state index in [1.165, 1.54) is 10.8 Å². The number of likely N-dealkylation sites (N-methyl/N-ethyl adjacent to an activating group) is 1.